The number of primary sulfonamides is 1. The van der Waals surface area contributed by atoms with Crippen LogP contribution in [0.3, 0.4) is 0 Å². The van der Waals surface area contributed by atoms with Crippen molar-refractivity contribution in [1.29, 1.82) is 0 Å². The van der Waals surface area contributed by atoms with Crippen molar-refractivity contribution in [2.45, 2.75) is 29.6 Å². The highest BCUT2D eigenvalue weighted by molar-refractivity contribution is 7.93. The second-order valence-electron chi connectivity index (χ2n) is 5.29. The number of rotatable bonds is 7. The summed E-state index contributed by atoms with van der Waals surface area (Å²) in [5.41, 5.74) is 0.534. The highest BCUT2D eigenvalue weighted by atomic mass is 32.2. The molecule has 0 bridgehead atoms. The Morgan fingerprint density at radius 1 is 0.917 bits per heavy atom. The van der Waals surface area contributed by atoms with E-state index in [1.807, 2.05) is 6.92 Å². The molecule has 0 atom stereocenters. The third-order valence-electron chi connectivity index (χ3n) is 3.48. The molecule has 0 aliphatic rings. The Bertz CT molecular complexity index is 895. The fraction of sp³-hybridized carbons (Fsp3) is 0.250. The minimum Gasteiger partial charge on any atom is -0.266 e. The van der Waals surface area contributed by atoms with Crippen LogP contribution in [0.25, 0.3) is 0 Å². The van der Waals surface area contributed by atoms with E-state index < -0.39 is 20.0 Å². The molecule has 2 aromatic carbocycles. The van der Waals surface area contributed by atoms with Gasteiger partial charge in [-0.05, 0) is 36.8 Å². The van der Waals surface area contributed by atoms with Gasteiger partial charge in [-0.1, -0.05) is 37.6 Å². The Balaban J connectivity index is 2.52. The lowest BCUT2D eigenvalue weighted by Gasteiger charge is -2.24. The van der Waals surface area contributed by atoms with Gasteiger partial charge in [-0.3, -0.25) is 4.31 Å². The Hall–Kier alpha value is -1.90. The van der Waals surface area contributed by atoms with Crippen LogP contribution in [-0.2, 0) is 20.0 Å². The highest BCUT2D eigenvalue weighted by Gasteiger charge is 2.25. The fourth-order valence-electron chi connectivity index (χ4n) is 2.22. The Labute approximate surface area is 143 Å². The van der Waals surface area contributed by atoms with Gasteiger partial charge in [0.05, 0.1) is 15.5 Å². The van der Waals surface area contributed by atoms with Crippen LogP contribution in [-0.4, -0.2) is 23.4 Å². The van der Waals surface area contributed by atoms with Crippen LogP contribution in [0.2, 0.25) is 0 Å². The molecule has 6 nitrogen and oxygen atoms in total. The third-order valence-corrected chi connectivity index (χ3v) is 6.22. The lowest BCUT2D eigenvalue weighted by atomic mass is 10.3. The summed E-state index contributed by atoms with van der Waals surface area (Å²) in [4.78, 5) is -0.332. The molecule has 0 fully saturated rings. The van der Waals surface area contributed by atoms with Crippen molar-refractivity contribution < 1.29 is 16.8 Å². The summed E-state index contributed by atoms with van der Waals surface area (Å²) >= 11 is 0. The van der Waals surface area contributed by atoms with Crippen molar-refractivity contribution in [2.24, 2.45) is 5.14 Å². The lowest BCUT2D eigenvalue weighted by molar-refractivity contribution is 0.588. The van der Waals surface area contributed by atoms with Crippen LogP contribution in [0.4, 0.5) is 5.69 Å². The summed E-state index contributed by atoms with van der Waals surface area (Å²) in [6, 6.07) is 13.8. The minimum absolute atomic E-state index is 0.103. The summed E-state index contributed by atoms with van der Waals surface area (Å²) in [6.45, 7) is 2.28. The molecule has 0 aliphatic carbocycles. The van der Waals surface area contributed by atoms with Gasteiger partial charge in [-0.2, -0.15) is 0 Å². The molecule has 0 heterocycles. The Kier molecular flexibility index (Phi) is 5.63. The normalized spacial score (nSPS) is 12.1. The lowest BCUT2D eigenvalue weighted by Crippen LogP contribution is -2.32. The first-order chi connectivity index (χ1) is 11.3. The second kappa shape index (κ2) is 7.33. The first-order valence-corrected chi connectivity index (χ1v) is 10.5. The van der Waals surface area contributed by atoms with Crippen LogP contribution in [0.5, 0.6) is 0 Å². The zero-order chi connectivity index (χ0) is 17.8. The fourth-order valence-corrected chi connectivity index (χ4v) is 4.41. The van der Waals surface area contributed by atoms with E-state index in [1.54, 1.807) is 30.3 Å². The number of anilines is 1. The van der Waals surface area contributed by atoms with Crippen LogP contribution >= 0.6 is 0 Å². The topological polar surface area (TPSA) is 97.5 Å². The molecule has 0 aliphatic heterocycles. The van der Waals surface area contributed by atoms with Gasteiger partial charge >= 0.3 is 0 Å². The maximum absolute atomic E-state index is 13.0. The maximum atomic E-state index is 13.0. The molecule has 2 N–H and O–H groups in total. The summed E-state index contributed by atoms with van der Waals surface area (Å²) < 4.78 is 50.3. The Morgan fingerprint density at radius 2 is 1.54 bits per heavy atom. The van der Waals surface area contributed by atoms with Crippen LogP contribution in [0.15, 0.2) is 64.4 Å². The van der Waals surface area contributed by atoms with E-state index in [1.165, 1.54) is 22.5 Å². The van der Waals surface area contributed by atoms with Crippen LogP contribution in [0, 0.1) is 0 Å². The second-order valence-corrected chi connectivity index (χ2v) is 8.71. The summed E-state index contributed by atoms with van der Waals surface area (Å²) in [7, 11) is -7.87. The van der Waals surface area contributed by atoms with Gasteiger partial charge in [0.2, 0.25) is 10.0 Å². The van der Waals surface area contributed by atoms with Crippen molar-refractivity contribution in [3.63, 3.8) is 0 Å². The van der Waals surface area contributed by atoms with Crippen molar-refractivity contribution in [3.8, 4) is 0 Å². The van der Waals surface area contributed by atoms with Gasteiger partial charge in [0.15, 0.2) is 0 Å². The number of hydrogen-bond donors (Lipinski definition) is 1. The number of unbranched alkanes of at least 4 members (excludes halogenated alkanes) is 1. The monoisotopic (exact) mass is 368 g/mol. The quantitative estimate of drug-likeness (QED) is 0.811. The van der Waals surface area contributed by atoms with E-state index in [0.717, 1.165) is 12.5 Å². The molecule has 0 saturated heterocycles. The smallest absolute Gasteiger partial charge is 0.264 e. The first-order valence-electron chi connectivity index (χ1n) is 7.47. The molecular formula is C16H20N2O4S2. The molecule has 130 valence electrons. The molecule has 0 aromatic heterocycles. The third kappa shape index (κ3) is 4.14. The van der Waals surface area contributed by atoms with Gasteiger partial charge in [0.1, 0.15) is 0 Å². The summed E-state index contributed by atoms with van der Waals surface area (Å²) in [5.74, 6) is 0. The molecule has 24 heavy (non-hydrogen) atoms. The highest BCUT2D eigenvalue weighted by Crippen LogP contribution is 2.25. The molecule has 0 amide bonds. The predicted molar refractivity (Wildman–Crippen MR) is 93.7 cm³/mol. The maximum Gasteiger partial charge on any atom is 0.264 e. The van der Waals surface area contributed by atoms with E-state index >= 15 is 0 Å². The van der Waals surface area contributed by atoms with Crippen LogP contribution < -0.4 is 9.44 Å². The number of benzene rings is 2. The van der Waals surface area contributed by atoms with Gasteiger partial charge in [-0.25, -0.2) is 22.0 Å². The SMILES string of the molecule is CCCCN(c1ccccc1)S(=O)(=O)c1cccc(S(N)(=O)=O)c1. The number of nitrogens with two attached hydrogens (primary N) is 1. The molecule has 0 unspecified atom stereocenters. The molecule has 0 saturated carbocycles. The summed E-state index contributed by atoms with van der Waals surface area (Å²) in [6.07, 6.45) is 1.51. The number of nitrogens with zero attached hydrogens (tertiary/aromatic N) is 1. The number of hydrogen-bond acceptors (Lipinski definition) is 4. The molecule has 0 radical (unpaired) electrons. The van der Waals surface area contributed by atoms with Gasteiger partial charge in [0, 0.05) is 6.54 Å². The molecule has 2 aromatic rings. The number of sulfonamides is 2. The molecule has 8 heteroatoms. The predicted octanol–water partition coefficient (Wildman–Crippen LogP) is 2.33. The average molecular weight is 368 g/mol. The average Bonchev–Trinajstić information content (AvgIpc) is 2.55. The van der Waals surface area contributed by atoms with Crippen molar-refractivity contribution in [1.82, 2.24) is 0 Å². The Morgan fingerprint density at radius 3 is 2.12 bits per heavy atom. The molecular weight excluding hydrogens is 348 g/mol. The van der Waals surface area contributed by atoms with Crippen LogP contribution in [0.1, 0.15) is 19.8 Å². The van der Waals surface area contributed by atoms with Crippen molar-refractivity contribution >= 4 is 25.7 Å². The minimum atomic E-state index is -3.98. The van der Waals surface area contributed by atoms with Gasteiger partial charge < -0.3 is 0 Å². The zero-order valence-electron chi connectivity index (χ0n) is 13.3. The van der Waals surface area contributed by atoms with E-state index in [0.29, 0.717) is 18.7 Å². The van der Waals surface area contributed by atoms with Gasteiger partial charge in [0.25, 0.3) is 10.0 Å². The van der Waals surface area contributed by atoms with Crippen molar-refractivity contribution in [3.05, 3.63) is 54.6 Å². The standard InChI is InChI=1S/C16H20N2O4S2/c1-2-3-12-18(14-8-5-4-6-9-14)24(21,22)16-11-7-10-15(13-16)23(17,19)20/h4-11,13H,2-3,12H2,1H3,(H2,17,19,20). The van der Waals surface area contributed by atoms with E-state index in [-0.39, 0.29) is 9.79 Å². The number of para-hydroxylation sites is 1. The molecule has 2 rings (SSSR count). The van der Waals surface area contributed by atoms with E-state index in [2.05, 4.69) is 0 Å². The zero-order valence-corrected chi connectivity index (χ0v) is 14.9. The van der Waals surface area contributed by atoms with Gasteiger partial charge in [-0.15, -0.1) is 0 Å². The largest absolute Gasteiger partial charge is 0.266 e. The summed E-state index contributed by atoms with van der Waals surface area (Å²) in [5, 5.41) is 5.10. The van der Waals surface area contributed by atoms with Crippen molar-refractivity contribution in [2.75, 3.05) is 10.8 Å². The van der Waals surface area contributed by atoms with E-state index in [4.69, 9.17) is 5.14 Å². The first kappa shape index (κ1) is 18.4. The van der Waals surface area contributed by atoms with E-state index in [9.17, 15) is 16.8 Å². The molecule has 0 spiro atoms.